The van der Waals surface area contributed by atoms with Crippen LogP contribution in [0.15, 0.2) is 36.8 Å². The molecule has 0 atom stereocenters. The van der Waals surface area contributed by atoms with Crippen LogP contribution < -0.4 is 5.73 Å². The largest absolute Gasteiger partial charge is 0.406 e. The van der Waals surface area contributed by atoms with Gasteiger partial charge in [0.15, 0.2) is 5.78 Å². The molecule has 1 aromatic carbocycles. The summed E-state index contributed by atoms with van der Waals surface area (Å²) in [6, 6.07) is 6.94. The zero-order chi connectivity index (χ0) is 20.6. The summed E-state index contributed by atoms with van der Waals surface area (Å²) in [5, 5.41) is 0.283. The SMILES string of the molecule is Nc1ncnc2c1c(C#Cc1cccc(C(=O)CC3CC3)c1)cn2CC(F)(F)F. The van der Waals surface area contributed by atoms with Gasteiger partial charge < -0.3 is 10.3 Å². The standard InChI is InChI=1S/C21H17F3N4O/c22-21(23,24)11-28-10-16(18-19(25)26-12-27-20(18)28)7-6-13-2-1-3-15(8-13)17(29)9-14-4-5-14/h1-3,8,10,12,14H,4-5,9,11H2,(H2,25,26,27). The first-order chi connectivity index (χ1) is 13.8. The second kappa shape index (κ2) is 7.24. The minimum atomic E-state index is -4.41. The predicted molar refractivity (Wildman–Crippen MR) is 102 cm³/mol. The lowest BCUT2D eigenvalue weighted by molar-refractivity contribution is -0.139. The molecule has 0 bridgehead atoms. The average Bonchev–Trinajstić information content (AvgIpc) is 3.41. The number of alkyl halides is 3. The van der Waals surface area contributed by atoms with E-state index in [9.17, 15) is 18.0 Å². The molecule has 1 fully saturated rings. The highest BCUT2D eigenvalue weighted by Crippen LogP contribution is 2.33. The molecule has 0 amide bonds. The summed E-state index contributed by atoms with van der Waals surface area (Å²) in [7, 11) is 0. The van der Waals surface area contributed by atoms with Crippen molar-refractivity contribution >= 4 is 22.6 Å². The summed E-state index contributed by atoms with van der Waals surface area (Å²) >= 11 is 0. The van der Waals surface area contributed by atoms with E-state index in [1.54, 1.807) is 24.3 Å². The van der Waals surface area contributed by atoms with Gasteiger partial charge in [-0.2, -0.15) is 13.2 Å². The van der Waals surface area contributed by atoms with E-state index in [1.807, 2.05) is 0 Å². The lowest BCUT2D eigenvalue weighted by Crippen LogP contribution is -2.17. The molecule has 29 heavy (non-hydrogen) atoms. The van der Waals surface area contributed by atoms with Crippen molar-refractivity contribution in [2.45, 2.75) is 32.0 Å². The number of hydrogen-bond acceptors (Lipinski definition) is 4. The van der Waals surface area contributed by atoms with Crippen molar-refractivity contribution in [3.63, 3.8) is 0 Å². The smallest absolute Gasteiger partial charge is 0.383 e. The first-order valence-corrected chi connectivity index (χ1v) is 9.11. The highest BCUT2D eigenvalue weighted by atomic mass is 19.4. The van der Waals surface area contributed by atoms with Gasteiger partial charge in [0.2, 0.25) is 0 Å². The van der Waals surface area contributed by atoms with Crippen LogP contribution in [0.3, 0.4) is 0 Å². The Morgan fingerprint density at radius 1 is 1.24 bits per heavy atom. The maximum atomic E-state index is 12.9. The van der Waals surface area contributed by atoms with Crippen molar-refractivity contribution in [3.05, 3.63) is 53.5 Å². The Bertz CT molecular complexity index is 1150. The van der Waals surface area contributed by atoms with E-state index in [0.29, 0.717) is 29.0 Å². The Morgan fingerprint density at radius 2 is 2.03 bits per heavy atom. The monoisotopic (exact) mass is 398 g/mol. The van der Waals surface area contributed by atoms with Crippen molar-refractivity contribution in [1.29, 1.82) is 0 Å². The molecule has 2 heterocycles. The molecule has 2 N–H and O–H groups in total. The zero-order valence-electron chi connectivity index (χ0n) is 15.3. The number of carbonyl (C=O) groups is 1. The van der Waals surface area contributed by atoms with Crippen molar-refractivity contribution < 1.29 is 18.0 Å². The molecule has 0 unspecified atom stereocenters. The van der Waals surface area contributed by atoms with Crippen LogP contribution in [0.2, 0.25) is 0 Å². The van der Waals surface area contributed by atoms with Crippen molar-refractivity contribution in [2.24, 2.45) is 5.92 Å². The van der Waals surface area contributed by atoms with Crippen molar-refractivity contribution in [1.82, 2.24) is 14.5 Å². The van der Waals surface area contributed by atoms with Gasteiger partial charge in [-0.1, -0.05) is 24.0 Å². The van der Waals surface area contributed by atoms with Crippen LogP contribution in [0.5, 0.6) is 0 Å². The van der Waals surface area contributed by atoms with E-state index in [-0.39, 0.29) is 22.6 Å². The first-order valence-electron chi connectivity index (χ1n) is 9.11. The van der Waals surface area contributed by atoms with Crippen LogP contribution in [0.1, 0.15) is 40.7 Å². The van der Waals surface area contributed by atoms with Crippen LogP contribution >= 0.6 is 0 Å². The molecule has 5 nitrogen and oxygen atoms in total. The molecule has 8 heteroatoms. The molecule has 0 aliphatic heterocycles. The molecule has 0 radical (unpaired) electrons. The molecule has 1 aliphatic carbocycles. The number of hydrogen-bond donors (Lipinski definition) is 1. The molecule has 148 valence electrons. The van der Waals surface area contributed by atoms with E-state index in [1.165, 1.54) is 6.20 Å². The third kappa shape index (κ3) is 4.40. The van der Waals surface area contributed by atoms with Crippen LogP contribution in [0.25, 0.3) is 11.0 Å². The second-order valence-electron chi connectivity index (χ2n) is 7.14. The van der Waals surface area contributed by atoms with Gasteiger partial charge in [0.05, 0.1) is 10.9 Å². The van der Waals surface area contributed by atoms with Gasteiger partial charge in [0.1, 0.15) is 24.3 Å². The minimum absolute atomic E-state index is 0.0635. The topological polar surface area (TPSA) is 73.8 Å². The predicted octanol–water partition coefficient (Wildman–Crippen LogP) is 3.96. The summed E-state index contributed by atoms with van der Waals surface area (Å²) in [6.45, 7) is -1.20. The number of ketones is 1. The van der Waals surface area contributed by atoms with Gasteiger partial charge in [0, 0.05) is 23.7 Å². The number of carbonyl (C=O) groups excluding carboxylic acids is 1. The Morgan fingerprint density at radius 3 is 2.76 bits per heavy atom. The molecule has 4 rings (SSSR count). The van der Waals surface area contributed by atoms with E-state index in [4.69, 9.17) is 5.73 Å². The summed E-state index contributed by atoms with van der Waals surface area (Å²) in [6.07, 6.45) is 0.713. The number of nitrogens with two attached hydrogens (primary N) is 1. The van der Waals surface area contributed by atoms with Crippen LogP contribution in [-0.4, -0.2) is 26.5 Å². The zero-order valence-corrected chi connectivity index (χ0v) is 15.3. The van der Waals surface area contributed by atoms with Gasteiger partial charge in [0.25, 0.3) is 0 Å². The molecule has 0 spiro atoms. The summed E-state index contributed by atoms with van der Waals surface area (Å²) in [4.78, 5) is 20.1. The highest BCUT2D eigenvalue weighted by molar-refractivity contribution is 5.96. The van der Waals surface area contributed by atoms with Crippen molar-refractivity contribution in [3.8, 4) is 11.8 Å². The molecular weight excluding hydrogens is 381 g/mol. The van der Waals surface area contributed by atoms with E-state index in [0.717, 1.165) is 23.7 Å². The highest BCUT2D eigenvalue weighted by Gasteiger charge is 2.29. The lowest BCUT2D eigenvalue weighted by Gasteiger charge is -2.07. The maximum Gasteiger partial charge on any atom is 0.406 e. The fraction of sp³-hybridized carbons (Fsp3) is 0.286. The fourth-order valence-corrected chi connectivity index (χ4v) is 3.17. The number of benzene rings is 1. The first kappa shape index (κ1) is 19.0. The van der Waals surface area contributed by atoms with Gasteiger partial charge in [-0.3, -0.25) is 4.79 Å². The molecule has 3 aromatic rings. The Hall–Kier alpha value is -3.34. The van der Waals surface area contributed by atoms with Crippen molar-refractivity contribution in [2.75, 3.05) is 5.73 Å². The van der Waals surface area contributed by atoms with Crippen LogP contribution in [0, 0.1) is 17.8 Å². The second-order valence-corrected chi connectivity index (χ2v) is 7.14. The molecule has 0 saturated heterocycles. The number of Topliss-reactive ketones (excluding diaryl/α,β-unsaturated/α-hetero) is 1. The van der Waals surface area contributed by atoms with E-state index < -0.39 is 12.7 Å². The van der Waals surface area contributed by atoms with Crippen LogP contribution in [-0.2, 0) is 6.54 Å². The Labute approximate surface area is 164 Å². The van der Waals surface area contributed by atoms with Crippen LogP contribution in [0.4, 0.5) is 19.0 Å². The van der Waals surface area contributed by atoms with E-state index in [2.05, 4.69) is 21.8 Å². The normalized spacial score (nSPS) is 13.9. The third-order valence-corrected chi connectivity index (χ3v) is 4.73. The maximum absolute atomic E-state index is 12.9. The number of aromatic nitrogens is 3. The Balaban J connectivity index is 1.68. The van der Waals surface area contributed by atoms with Gasteiger partial charge in [-0.15, -0.1) is 0 Å². The number of nitrogens with zero attached hydrogens (tertiary/aromatic N) is 3. The van der Waals surface area contributed by atoms with E-state index >= 15 is 0 Å². The average molecular weight is 398 g/mol. The van der Waals surface area contributed by atoms with Gasteiger partial charge >= 0.3 is 6.18 Å². The van der Waals surface area contributed by atoms with Gasteiger partial charge in [-0.25, -0.2) is 9.97 Å². The Kier molecular flexibility index (Phi) is 4.74. The molecule has 1 aliphatic rings. The van der Waals surface area contributed by atoms with Gasteiger partial charge in [-0.05, 0) is 30.9 Å². The quantitative estimate of drug-likeness (QED) is 0.533. The molecular formula is C21H17F3N4O. The number of rotatable bonds is 4. The molecule has 2 aromatic heterocycles. The lowest BCUT2D eigenvalue weighted by atomic mass is 10.0. The fourth-order valence-electron chi connectivity index (χ4n) is 3.17. The number of halogens is 3. The minimum Gasteiger partial charge on any atom is -0.383 e. The number of nitrogen functional groups attached to an aromatic ring is 1. The summed E-state index contributed by atoms with van der Waals surface area (Å²) in [5.74, 6) is 6.40. The third-order valence-electron chi connectivity index (χ3n) is 4.73. The summed E-state index contributed by atoms with van der Waals surface area (Å²) < 4.78 is 39.6. The number of fused-ring (bicyclic) bond motifs is 1. The molecule has 1 saturated carbocycles. The number of anilines is 1. The summed E-state index contributed by atoms with van der Waals surface area (Å²) in [5.41, 5.74) is 7.43.